The van der Waals surface area contributed by atoms with Crippen LogP contribution in [0.2, 0.25) is 0 Å². The van der Waals surface area contributed by atoms with E-state index in [0.717, 1.165) is 4.47 Å². The fourth-order valence-corrected chi connectivity index (χ4v) is 2.70. The van der Waals surface area contributed by atoms with Gasteiger partial charge in [-0.1, -0.05) is 15.9 Å². The van der Waals surface area contributed by atoms with Crippen molar-refractivity contribution in [2.75, 3.05) is 7.11 Å². The number of rotatable bonds is 3. The summed E-state index contributed by atoms with van der Waals surface area (Å²) in [5.74, 6) is 0.243. The summed E-state index contributed by atoms with van der Waals surface area (Å²) >= 11 is 4.59. The molecule has 2 aromatic rings. The second kappa shape index (κ2) is 5.16. The molecule has 1 heterocycles. The lowest BCUT2D eigenvalue weighted by atomic mass is 10.1. The fraction of sp³-hybridized carbons (Fsp3) is 0.167. The van der Waals surface area contributed by atoms with Crippen LogP contribution in [0.1, 0.15) is 16.5 Å². The summed E-state index contributed by atoms with van der Waals surface area (Å²) in [6.07, 6.45) is -0.971. The summed E-state index contributed by atoms with van der Waals surface area (Å²) in [4.78, 5) is 0.652. The van der Waals surface area contributed by atoms with Crippen molar-refractivity contribution in [2.45, 2.75) is 6.10 Å². The monoisotopic (exact) mass is 316 g/mol. The van der Waals surface area contributed by atoms with Gasteiger partial charge in [0.2, 0.25) is 0 Å². The molecule has 90 valence electrons. The smallest absolute Gasteiger partial charge is 0.129 e. The molecule has 2 rings (SSSR count). The van der Waals surface area contributed by atoms with Crippen LogP contribution < -0.4 is 4.74 Å². The average molecular weight is 317 g/mol. The Balaban J connectivity index is 2.35. The van der Waals surface area contributed by atoms with Crippen molar-refractivity contribution in [1.82, 2.24) is 0 Å². The van der Waals surface area contributed by atoms with Crippen molar-refractivity contribution in [2.24, 2.45) is 0 Å². The molecule has 0 aliphatic heterocycles. The lowest BCUT2D eigenvalue weighted by molar-refractivity contribution is 0.218. The molecule has 0 spiro atoms. The zero-order valence-electron chi connectivity index (χ0n) is 8.98. The Morgan fingerprint density at radius 3 is 2.82 bits per heavy atom. The first kappa shape index (κ1) is 12.5. The van der Waals surface area contributed by atoms with Crippen molar-refractivity contribution in [1.29, 1.82) is 0 Å². The molecule has 0 fully saturated rings. The van der Waals surface area contributed by atoms with E-state index in [9.17, 15) is 9.50 Å². The van der Waals surface area contributed by atoms with Gasteiger partial charge in [0.15, 0.2) is 0 Å². The van der Waals surface area contributed by atoms with Crippen LogP contribution in [0, 0.1) is 5.82 Å². The molecule has 2 nitrogen and oxygen atoms in total. The van der Waals surface area contributed by atoms with E-state index in [2.05, 4.69) is 15.9 Å². The Bertz CT molecular complexity index is 527. The number of hydrogen-bond donors (Lipinski definition) is 1. The Kier molecular flexibility index (Phi) is 3.81. The highest BCUT2D eigenvalue weighted by atomic mass is 79.9. The maximum atomic E-state index is 13.6. The molecule has 1 aromatic carbocycles. The lowest BCUT2D eigenvalue weighted by Gasteiger charge is -2.10. The number of hydrogen-bond acceptors (Lipinski definition) is 3. The average Bonchev–Trinajstić information content (AvgIpc) is 2.80. The maximum Gasteiger partial charge on any atom is 0.129 e. The summed E-state index contributed by atoms with van der Waals surface area (Å²) < 4.78 is 19.4. The van der Waals surface area contributed by atoms with Gasteiger partial charge in [-0.2, -0.15) is 0 Å². The summed E-state index contributed by atoms with van der Waals surface area (Å²) in [5.41, 5.74) is 0.254. The number of halogens is 2. The molecular formula is C12H10BrFO2S. The highest BCUT2D eigenvalue weighted by molar-refractivity contribution is 9.10. The SMILES string of the molecule is COc1csc(C(O)c2cc(Br)ccc2F)c1. The zero-order chi connectivity index (χ0) is 12.4. The van der Waals surface area contributed by atoms with Crippen LogP contribution in [-0.2, 0) is 0 Å². The first-order valence-corrected chi connectivity index (χ1v) is 6.54. The molecule has 0 saturated carbocycles. The molecule has 0 saturated heterocycles. The summed E-state index contributed by atoms with van der Waals surface area (Å²) in [6.45, 7) is 0. The minimum absolute atomic E-state index is 0.254. The molecule has 0 aliphatic carbocycles. The lowest BCUT2D eigenvalue weighted by Crippen LogP contribution is -2.00. The van der Waals surface area contributed by atoms with Crippen LogP contribution in [0.4, 0.5) is 4.39 Å². The van der Waals surface area contributed by atoms with Crippen molar-refractivity contribution in [3.63, 3.8) is 0 Å². The Morgan fingerprint density at radius 1 is 1.41 bits per heavy atom. The van der Waals surface area contributed by atoms with Crippen molar-refractivity contribution >= 4 is 27.3 Å². The molecule has 5 heteroatoms. The Labute approximate surface area is 111 Å². The third kappa shape index (κ3) is 2.68. The minimum Gasteiger partial charge on any atom is -0.496 e. The highest BCUT2D eigenvalue weighted by Crippen LogP contribution is 2.33. The molecule has 1 atom stereocenters. The van der Waals surface area contributed by atoms with Gasteiger partial charge in [-0.15, -0.1) is 11.3 Å². The Morgan fingerprint density at radius 2 is 2.18 bits per heavy atom. The van der Waals surface area contributed by atoms with Crippen molar-refractivity contribution < 1.29 is 14.2 Å². The third-order valence-electron chi connectivity index (χ3n) is 2.35. The number of benzene rings is 1. The van der Waals surface area contributed by atoms with Gasteiger partial charge in [0, 0.05) is 20.3 Å². The van der Waals surface area contributed by atoms with Gasteiger partial charge in [-0.25, -0.2) is 4.39 Å². The van der Waals surface area contributed by atoms with Gasteiger partial charge in [0.25, 0.3) is 0 Å². The van der Waals surface area contributed by atoms with Crippen LogP contribution in [0.25, 0.3) is 0 Å². The van der Waals surface area contributed by atoms with Gasteiger partial charge in [-0.05, 0) is 24.3 Å². The van der Waals surface area contributed by atoms with Gasteiger partial charge in [0.1, 0.15) is 17.7 Å². The van der Waals surface area contributed by atoms with E-state index in [1.54, 1.807) is 30.7 Å². The Hall–Kier alpha value is -0.910. The third-order valence-corrected chi connectivity index (χ3v) is 3.81. The van der Waals surface area contributed by atoms with E-state index in [-0.39, 0.29) is 5.56 Å². The van der Waals surface area contributed by atoms with Crippen molar-refractivity contribution in [3.05, 3.63) is 50.4 Å². The molecular weight excluding hydrogens is 307 g/mol. The fourth-order valence-electron chi connectivity index (χ4n) is 1.46. The number of aliphatic hydroxyl groups excluding tert-OH is 1. The van der Waals surface area contributed by atoms with E-state index in [0.29, 0.717) is 10.6 Å². The molecule has 0 bridgehead atoms. The van der Waals surface area contributed by atoms with Crippen LogP contribution in [0.15, 0.2) is 34.1 Å². The number of thiophene rings is 1. The summed E-state index contributed by atoms with van der Waals surface area (Å²) in [7, 11) is 1.55. The molecule has 1 unspecified atom stereocenters. The molecule has 0 amide bonds. The second-order valence-corrected chi connectivity index (χ2v) is 5.32. The predicted molar refractivity (Wildman–Crippen MR) is 69.0 cm³/mol. The molecule has 1 aromatic heterocycles. The van der Waals surface area contributed by atoms with Crippen molar-refractivity contribution in [3.8, 4) is 5.75 Å². The van der Waals surface area contributed by atoms with Crippen LogP contribution >= 0.6 is 27.3 Å². The summed E-state index contributed by atoms with van der Waals surface area (Å²) in [5, 5.41) is 11.9. The molecule has 1 N–H and O–H groups in total. The van der Waals surface area contributed by atoms with Gasteiger partial charge < -0.3 is 9.84 Å². The van der Waals surface area contributed by atoms with Gasteiger partial charge in [-0.3, -0.25) is 0 Å². The molecule has 17 heavy (non-hydrogen) atoms. The first-order chi connectivity index (χ1) is 8.11. The molecule has 0 aliphatic rings. The normalized spacial score (nSPS) is 12.5. The number of aliphatic hydroxyl groups is 1. The maximum absolute atomic E-state index is 13.6. The largest absolute Gasteiger partial charge is 0.496 e. The summed E-state index contributed by atoms with van der Waals surface area (Å²) in [6, 6.07) is 6.20. The number of methoxy groups -OCH3 is 1. The quantitative estimate of drug-likeness (QED) is 0.934. The predicted octanol–water partition coefficient (Wildman–Crippen LogP) is 3.74. The number of ether oxygens (including phenoxy) is 1. The van der Waals surface area contributed by atoms with E-state index in [4.69, 9.17) is 4.74 Å². The second-order valence-electron chi connectivity index (χ2n) is 3.46. The highest BCUT2D eigenvalue weighted by Gasteiger charge is 2.17. The van der Waals surface area contributed by atoms with Gasteiger partial charge in [0.05, 0.1) is 7.11 Å². The van der Waals surface area contributed by atoms with E-state index in [1.807, 2.05) is 0 Å². The van der Waals surface area contributed by atoms with Crippen LogP contribution in [-0.4, -0.2) is 12.2 Å². The van der Waals surface area contributed by atoms with Gasteiger partial charge >= 0.3 is 0 Å². The topological polar surface area (TPSA) is 29.5 Å². The van der Waals surface area contributed by atoms with E-state index >= 15 is 0 Å². The standard InChI is InChI=1S/C12H10BrFO2S/c1-16-8-5-11(17-6-8)12(15)9-4-7(13)2-3-10(9)14/h2-6,12,15H,1H3. The molecule has 0 radical (unpaired) electrons. The van der Waals surface area contributed by atoms with E-state index in [1.165, 1.54) is 17.4 Å². The van der Waals surface area contributed by atoms with Crippen LogP contribution in [0.5, 0.6) is 5.75 Å². The van der Waals surface area contributed by atoms with Crippen LogP contribution in [0.3, 0.4) is 0 Å². The van der Waals surface area contributed by atoms with E-state index < -0.39 is 11.9 Å². The first-order valence-electron chi connectivity index (χ1n) is 4.87. The minimum atomic E-state index is -0.971. The zero-order valence-corrected chi connectivity index (χ0v) is 11.4.